The third-order valence-electron chi connectivity index (χ3n) is 4.26. The van der Waals surface area contributed by atoms with Gasteiger partial charge in [-0.05, 0) is 38.7 Å². The Balaban J connectivity index is 1.81. The van der Waals surface area contributed by atoms with Gasteiger partial charge in [0.25, 0.3) is 0 Å². The molecule has 1 aromatic rings. The minimum absolute atomic E-state index is 0.0880. The van der Waals surface area contributed by atoms with Crippen LogP contribution in [0.4, 0.5) is 9.80 Å². The number of amides is 2. The molecule has 0 atom stereocenters. The molecule has 3 heterocycles. The van der Waals surface area contributed by atoms with E-state index in [0.29, 0.717) is 23.6 Å². The van der Waals surface area contributed by atoms with Crippen LogP contribution in [0.1, 0.15) is 49.1 Å². The summed E-state index contributed by atoms with van der Waals surface area (Å²) >= 11 is 1.47. The number of anilines is 1. The molecule has 0 radical (unpaired) electrons. The molecule has 2 aliphatic heterocycles. The molecule has 0 bridgehead atoms. The first kappa shape index (κ1) is 15.3. The second-order valence-electron chi connectivity index (χ2n) is 6.52. The van der Waals surface area contributed by atoms with E-state index in [1.807, 2.05) is 18.7 Å². The number of hydrogen-bond acceptors (Lipinski definition) is 4. The smallest absolute Gasteiger partial charge is 0.322 e. The average Bonchev–Trinajstić information content (AvgIpc) is 2.83. The second-order valence-corrected chi connectivity index (χ2v) is 7.63. The molecule has 0 saturated carbocycles. The maximum atomic E-state index is 12.4. The lowest BCUT2D eigenvalue weighted by molar-refractivity contribution is -0.0383. The van der Waals surface area contributed by atoms with Crippen LogP contribution in [0, 0.1) is 11.3 Å². The Morgan fingerprint density at radius 1 is 1.36 bits per heavy atom. The maximum absolute atomic E-state index is 12.4. The van der Waals surface area contributed by atoms with Crippen LogP contribution in [-0.4, -0.2) is 29.6 Å². The monoisotopic (exact) mass is 319 g/mol. The van der Waals surface area contributed by atoms with Gasteiger partial charge >= 0.3 is 6.03 Å². The van der Waals surface area contributed by atoms with Crippen LogP contribution in [0.5, 0.6) is 0 Å². The number of nitrogens with zero attached hydrogens (tertiary/aromatic N) is 2. The Morgan fingerprint density at radius 3 is 2.77 bits per heavy atom. The Kier molecular flexibility index (Phi) is 4.11. The number of ether oxygens (including phenoxy) is 1. The van der Waals surface area contributed by atoms with Crippen LogP contribution in [0.3, 0.4) is 0 Å². The normalized spacial score (nSPS) is 20.1. The number of urea groups is 1. The highest BCUT2D eigenvalue weighted by atomic mass is 32.1. The Hall–Kier alpha value is -1.58. The Bertz CT molecular complexity index is 624. The number of carbonyl (C=O) groups excluding carboxylic acids is 1. The molecule has 0 aliphatic carbocycles. The lowest BCUT2D eigenvalue weighted by atomic mass is 9.93. The van der Waals surface area contributed by atoms with Crippen LogP contribution in [0.2, 0.25) is 0 Å². The summed E-state index contributed by atoms with van der Waals surface area (Å²) in [5.41, 5.74) is 1.40. The highest BCUT2D eigenvalue weighted by Crippen LogP contribution is 2.40. The number of hydrogen-bond donors (Lipinski definition) is 1. The van der Waals surface area contributed by atoms with Crippen molar-refractivity contribution >= 4 is 22.4 Å². The predicted molar refractivity (Wildman–Crippen MR) is 86.0 cm³/mol. The fourth-order valence-corrected chi connectivity index (χ4v) is 4.10. The molecule has 118 valence electrons. The predicted octanol–water partition coefficient (Wildman–Crippen LogP) is 3.49. The fraction of sp³-hybridized carbons (Fsp3) is 0.625. The first-order valence-corrected chi connectivity index (χ1v) is 8.56. The van der Waals surface area contributed by atoms with Crippen LogP contribution in [-0.2, 0) is 17.8 Å². The zero-order valence-electron chi connectivity index (χ0n) is 13.1. The summed E-state index contributed by atoms with van der Waals surface area (Å²) in [5.74, 6) is 0. The van der Waals surface area contributed by atoms with Crippen molar-refractivity contribution in [3.8, 4) is 6.07 Å². The van der Waals surface area contributed by atoms with Gasteiger partial charge in [-0.2, -0.15) is 5.26 Å². The van der Waals surface area contributed by atoms with Crippen LogP contribution < -0.4 is 5.32 Å². The highest BCUT2D eigenvalue weighted by molar-refractivity contribution is 7.16. The van der Waals surface area contributed by atoms with E-state index < -0.39 is 0 Å². The highest BCUT2D eigenvalue weighted by Gasteiger charge is 2.32. The van der Waals surface area contributed by atoms with E-state index in [-0.39, 0.29) is 11.6 Å². The molecule has 5 nitrogen and oxygen atoms in total. The summed E-state index contributed by atoms with van der Waals surface area (Å²) in [6, 6.07) is 2.18. The standard InChI is InChI=1S/C16H21N3O2S/c1-16(2)8-11-12(9-17)14(22-13(11)10-21-16)18-15(20)19-6-4-3-5-7-19/h3-8,10H2,1-2H3,(H,18,20). The molecule has 3 rings (SSSR count). The Labute approximate surface area is 134 Å². The van der Waals surface area contributed by atoms with Crippen LogP contribution in [0.15, 0.2) is 0 Å². The second kappa shape index (κ2) is 5.90. The van der Waals surface area contributed by atoms with E-state index in [9.17, 15) is 10.1 Å². The van der Waals surface area contributed by atoms with Crippen molar-refractivity contribution in [3.63, 3.8) is 0 Å². The van der Waals surface area contributed by atoms with Gasteiger partial charge in [-0.25, -0.2) is 4.79 Å². The topological polar surface area (TPSA) is 65.4 Å². The molecular formula is C16H21N3O2S. The van der Waals surface area contributed by atoms with Gasteiger partial charge in [0, 0.05) is 24.4 Å². The van der Waals surface area contributed by atoms with E-state index in [2.05, 4.69) is 11.4 Å². The summed E-state index contributed by atoms with van der Waals surface area (Å²) in [6.45, 7) is 6.17. The molecule has 1 saturated heterocycles. The molecule has 6 heteroatoms. The molecular weight excluding hydrogens is 298 g/mol. The lowest BCUT2D eigenvalue weighted by Crippen LogP contribution is -2.38. The molecule has 0 aromatic carbocycles. The number of fused-ring (bicyclic) bond motifs is 1. The van der Waals surface area contributed by atoms with Gasteiger partial charge in [0.2, 0.25) is 0 Å². The van der Waals surface area contributed by atoms with E-state index in [1.165, 1.54) is 17.8 Å². The third kappa shape index (κ3) is 2.96. The van der Waals surface area contributed by atoms with Gasteiger partial charge in [0.1, 0.15) is 11.1 Å². The van der Waals surface area contributed by atoms with E-state index in [1.54, 1.807) is 0 Å². The largest absolute Gasteiger partial charge is 0.370 e. The van der Waals surface area contributed by atoms with Gasteiger partial charge in [-0.15, -0.1) is 11.3 Å². The third-order valence-corrected chi connectivity index (χ3v) is 5.38. The number of carbonyl (C=O) groups is 1. The molecule has 1 N–H and O–H groups in total. The van der Waals surface area contributed by atoms with Crippen molar-refractivity contribution in [2.75, 3.05) is 18.4 Å². The molecule has 0 spiro atoms. The molecule has 22 heavy (non-hydrogen) atoms. The van der Waals surface area contributed by atoms with Crippen molar-refractivity contribution in [2.45, 2.75) is 51.7 Å². The van der Waals surface area contributed by atoms with Crippen molar-refractivity contribution in [2.24, 2.45) is 0 Å². The summed E-state index contributed by atoms with van der Waals surface area (Å²) in [4.78, 5) is 15.3. The SMILES string of the molecule is CC1(C)Cc2c(sc(NC(=O)N3CCCCC3)c2C#N)CO1. The molecule has 2 aliphatic rings. The van der Waals surface area contributed by atoms with Gasteiger partial charge in [0.05, 0.1) is 17.8 Å². The average molecular weight is 319 g/mol. The minimum atomic E-state index is -0.256. The van der Waals surface area contributed by atoms with E-state index >= 15 is 0 Å². The number of rotatable bonds is 1. The fourth-order valence-electron chi connectivity index (χ4n) is 3.03. The van der Waals surface area contributed by atoms with Crippen molar-refractivity contribution in [1.29, 1.82) is 5.26 Å². The molecule has 1 fully saturated rings. The van der Waals surface area contributed by atoms with Crippen LogP contribution in [0.25, 0.3) is 0 Å². The zero-order valence-corrected chi connectivity index (χ0v) is 13.9. The number of piperidine rings is 1. The lowest BCUT2D eigenvalue weighted by Gasteiger charge is -2.29. The van der Waals surface area contributed by atoms with Gasteiger partial charge in [-0.3, -0.25) is 5.32 Å². The number of nitriles is 1. The molecule has 1 aromatic heterocycles. The van der Waals surface area contributed by atoms with Crippen molar-refractivity contribution in [1.82, 2.24) is 4.90 Å². The zero-order chi connectivity index (χ0) is 15.7. The van der Waals surface area contributed by atoms with Gasteiger partial charge in [0.15, 0.2) is 0 Å². The minimum Gasteiger partial charge on any atom is -0.370 e. The number of nitrogens with one attached hydrogen (secondary N) is 1. The number of likely N-dealkylation sites (tertiary alicyclic amines) is 1. The quantitative estimate of drug-likeness (QED) is 0.861. The van der Waals surface area contributed by atoms with E-state index in [0.717, 1.165) is 36.4 Å². The van der Waals surface area contributed by atoms with Gasteiger partial charge in [-0.1, -0.05) is 0 Å². The van der Waals surface area contributed by atoms with E-state index in [4.69, 9.17) is 4.74 Å². The molecule has 0 unspecified atom stereocenters. The Morgan fingerprint density at radius 2 is 2.09 bits per heavy atom. The summed E-state index contributed by atoms with van der Waals surface area (Å²) in [6.07, 6.45) is 4.01. The van der Waals surface area contributed by atoms with Crippen molar-refractivity contribution < 1.29 is 9.53 Å². The van der Waals surface area contributed by atoms with Crippen LogP contribution >= 0.6 is 11.3 Å². The number of thiophene rings is 1. The van der Waals surface area contributed by atoms with Gasteiger partial charge < -0.3 is 9.64 Å². The summed E-state index contributed by atoms with van der Waals surface area (Å²) in [5, 5.41) is 13.1. The molecule has 2 amide bonds. The summed E-state index contributed by atoms with van der Waals surface area (Å²) in [7, 11) is 0. The maximum Gasteiger partial charge on any atom is 0.322 e. The first-order valence-electron chi connectivity index (χ1n) is 7.75. The first-order chi connectivity index (χ1) is 10.5. The van der Waals surface area contributed by atoms with Crippen molar-refractivity contribution in [3.05, 3.63) is 16.0 Å². The summed E-state index contributed by atoms with van der Waals surface area (Å²) < 4.78 is 5.80.